The van der Waals surface area contributed by atoms with Crippen LogP contribution in [-0.2, 0) is 41.6 Å². The summed E-state index contributed by atoms with van der Waals surface area (Å²) >= 11 is 0. The molecule has 0 bridgehead atoms. The zero-order valence-electron chi connectivity index (χ0n) is 24.7. The summed E-state index contributed by atoms with van der Waals surface area (Å²) in [6.45, 7) is 1.92. The van der Waals surface area contributed by atoms with E-state index >= 15 is 0 Å². The molecule has 3 saturated heterocycles. The Bertz CT molecular complexity index is 1330. The van der Waals surface area contributed by atoms with Gasteiger partial charge in [-0.2, -0.15) is 0 Å². The molecular formula is C31H38N2O11. The van der Waals surface area contributed by atoms with Gasteiger partial charge in [0.05, 0.1) is 24.8 Å². The Hall–Kier alpha value is -3.30. The minimum absolute atomic E-state index is 0.0351. The number of ether oxygens (including phenoxy) is 6. The highest BCUT2D eigenvalue weighted by Gasteiger charge is 2.75. The highest BCUT2D eigenvalue weighted by molar-refractivity contribution is 5.69. The van der Waals surface area contributed by atoms with Crippen LogP contribution in [0.1, 0.15) is 24.5 Å². The van der Waals surface area contributed by atoms with Crippen molar-refractivity contribution in [3.63, 3.8) is 0 Å². The summed E-state index contributed by atoms with van der Waals surface area (Å²) in [7, 11) is 2.78. The Morgan fingerprint density at radius 2 is 1.36 bits per heavy atom. The first kappa shape index (κ1) is 30.7. The lowest BCUT2D eigenvalue weighted by molar-refractivity contribution is -0.462. The van der Waals surface area contributed by atoms with Crippen LogP contribution >= 0.6 is 0 Å². The van der Waals surface area contributed by atoms with E-state index in [0.717, 1.165) is 20.9 Å². The van der Waals surface area contributed by atoms with Gasteiger partial charge in [0.15, 0.2) is 5.60 Å². The van der Waals surface area contributed by atoms with E-state index in [-0.39, 0.29) is 25.9 Å². The third kappa shape index (κ3) is 5.42. The fourth-order valence-corrected chi connectivity index (χ4v) is 6.50. The topological polar surface area (TPSA) is 160 Å². The van der Waals surface area contributed by atoms with Gasteiger partial charge in [-0.3, -0.25) is 0 Å². The van der Waals surface area contributed by atoms with Crippen molar-refractivity contribution < 1.29 is 53.3 Å². The lowest BCUT2D eigenvalue weighted by Gasteiger charge is -2.59. The molecule has 2 amide bonds. The van der Waals surface area contributed by atoms with Gasteiger partial charge in [0.25, 0.3) is 5.79 Å². The maximum Gasteiger partial charge on any atom is 0.410 e. The Morgan fingerprint density at radius 1 is 0.841 bits per heavy atom. The lowest BCUT2D eigenvalue weighted by atomic mass is 9.78. The van der Waals surface area contributed by atoms with Gasteiger partial charge in [0.1, 0.15) is 37.6 Å². The van der Waals surface area contributed by atoms with E-state index < -0.39 is 66.4 Å². The van der Waals surface area contributed by atoms with Gasteiger partial charge >= 0.3 is 12.2 Å². The number of aliphatic hydroxyl groups is 3. The number of likely N-dealkylation sites (N-methyl/N-ethyl adjacent to an activating group) is 2. The summed E-state index contributed by atoms with van der Waals surface area (Å²) in [5.74, 6) is -2.08. The molecule has 6 rings (SSSR count). The Morgan fingerprint density at radius 3 is 1.89 bits per heavy atom. The molecule has 10 atom stereocenters. The first-order valence-corrected chi connectivity index (χ1v) is 14.6. The second-order valence-corrected chi connectivity index (χ2v) is 11.9. The van der Waals surface area contributed by atoms with Crippen LogP contribution in [0.25, 0.3) is 0 Å². The molecule has 3 heterocycles. The normalized spacial score (nSPS) is 37.3. The van der Waals surface area contributed by atoms with Crippen LogP contribution in [0.3, 0.4) is 0 Å². The molecule has 2 aromatic rings. The lowest BCUT2D eigenvalue weighted by Crippen LogP contribution is -2.79. The van der Waals surface area contributed by atoms with Crippen LogP contribution < -0.4 is 0 Å². The molecule has 3 aliphatic heterocycles. The van der Waals surface area contributed by atoms with Crippen molar-refractivity contribution in [2.45, 2.75) is 86.8 Å². The number of carbonyl (C=O) groups is 2. The number of aliphatic hydroxyl groups excluding tert-OH is 2. The molecule has 2 aromatic carbocycles. The highest BCUT2D eigenvalue weighted by atomic mass is 16.8. The Labute approximate surface area is 254 Å². The predicted molar refractivity (Wildman–Crippen MR) is 151 cm³/mol. The van der Waals surface area contributed by atoms with Crippen molar-refractivity contribution in [3.05, 3.63) is 71.8 Å². The summed E-state index contributed by atoms with van der Waals surface area (Å²) in [5, 5.41) is 35.1. The largest absolute Gasteiger partial charge is 0.445 e. The van der Waals surface area contributed by atoms with Gasteiger partial charge in [-0.05, 0) is 18.1 Å². The number of fused-ring (bicyclic) bond motifs is 3. The van der Waals surface area contributed by atoms with Crippen LogP contribution in [-0.4, -0.2) is 118 Å². The number of rotatable bonds is 6. The van der Waals surface area contributed by atoms with Gasteiger partial charge < -0.3 is 53.5 Å². The van der Waals surface area contributed by atoms with E-state index in [2.05, 4.69) is 0 Å². The zero-order valence-corrected chi connectivity index (χ0v) is 24.7. The van der Waals surface area contributed by atoms with Crippen molar-refractivity contribution in [2.24, 2.45) is 0 Å². The summed E-state index contributed by atoms with van der Waals surface area (Å²) < 4.78 is 35.0. The molecule has 1 saturated carbocycles. The van der Waals surface area contributed by atoms with E-state index in [1.807, 2.05) is 36.4 Å². The SMILES string of the molecule is C[C@@H]1C[C@@]2(CO2)[C@]2(O)O[C@H]3[C@H](O[C@@H]2O1)[C@@H](O)[C@H](N(C)C(=O)OCc1ccccc1)[C@H](O)[C@@H]3N(C)C(=O)OCc1ccccc1. The quantitative estimate of drug-likeness (QED) is 0.404. The summed E-state index contributed by atoms with van der Waals surface area (Å²) in [4.78, 5) is 28.7. The minimum Gasteiger partial charge on any atom is -0.445 e. The van der Waals surface area contributed by atoms with Crippen LogP contribution in [0.5, 0.6) is 0 Å². The van der Waals surface area contributed by atoms with Crippen LogP contribution in [0.15, 0.2) is 60.7 Å². The molecule has 0 aromatic heterocycles. The van der Waals surface area contributed by atoms with E-state index in [1.54, 1.807) is 31.2 Å². The predicted octanol–water partition coefficient (Wildman–Crippen LogP) is 1.37. The molecule has 0 radical (unpaired) electrons. The molecular weight excluding hydrogens is 576 g/mol. The maximum atomic E-state index is 13.3. The Kier molecular flexibility index (Phi) is 8.30. The van der Waals surface area contributed by atoms with Gasteiger partial charge in [-0.1, -0.05) is 60.7 Å². The monoisotopic (exact) mass is 614 g/mol. The number of hydrogen-bond donors (Lipinski definition) is 3. The number of nitrogens with zero attached hydrogens (tertiary/aromatic N) is 2. The van der Waals surface area contributed by atoms with Crippen molar-refractivity contribution in [2.75, 3.05) is 20.7 Å². The standard InChI is InChI=1S/C31H38N2O11/c1-18-14-30(17-41-30)31(38)27(42-18)43-26-24(35)21(32(2)28(36)39-15-19-10-6-4-7-11-19)23(34)22(25(26)44-31)33(3)29(37)40-16-20-12-8-5-9-13-20/h4-13,18,21-27,34-35,38H,14-17H2,1-3H3/t18-,21-,22+,23+,24+,25-,26-,27+,30-,31-/m1/s1. The molecule has 238 valence electrons. The number of epoxide rings is 1. The number of hydrogen-bond acceptors (Lipinski definition) is 11. The van der Waals surface area contributed by atoms with Crippen molar-refractivity contribution in [1.82, 2.24) is 9.80 Å². The molecule has 1 spiro atoms. The summed E-state index contributed by atoms with van der Waals surface area (Å²) in [6, 6.07) is 15.6. The minimum atomic E-state index is -2.08. The van der Waals surface area contributed by atoms with Gasteiger partial charge in [-0.25, -0.2) is 9.59 Å². The number of carbonyl (C=O) groups excluding carboxylic acids is 2. The fourth-order valence-electron chi connectivity index (χ4n) is 6.50. The average Bonchev–Trinajstić information content (AvgIpc) is 3.80. The first-order valence-electron chi connectivity index (χ1n) is 14.6. The van der Waals surface area contributed by atoms with Gasteiger partial charge in [-0.15, -0.1) is 0 Å². The molecule has 4 fully saturated rings. The van der Waals surface area contributed by atoms with Crippen LogP contribution in [0.2, 0.25) is 0 Å². The molecule has 13 heteroatoms. The van der Waals surface area contributed by atoms with Crippen molar-refractivity contribution >= 4 is 12.2 Å². The number of amides is 2. The highest BCUT2D eigenvalue weighted by Crippen LogP contribution is 2.54. The maximum absolute atomic E-state index is 13.3. The number of benzene rings is 2. The van der Waals surface area contributed by atoms with E-state index in [9.17, 15) is 24.9 Å². The van der Waals surface area contributed by atoms with Crippen LogP contribution in [0, 0.1) is 0 Å². The summed E-state index contributed by atoms with van der Waals surface area (Å²) in [5.41, 5.74) is 0.393. The van der Waals surface area contributed by atoms with E-state index in [0.29, 0.717) is 6.42 Å². The van der Waals surface area contributed by atoms with E-state index in [1.165, 1.54) is 14.1 Å². The molecule has 4 aliphatic rings. The average molecular weight is 615 g/mol. The third-order valence-electron chi connectivity index (χ3n) is 8.96. The van der Waals surface area contributed by atoms with Gasteiger partial charge in [0, 0.05) is 20.5 Å². The third-order valence-corrected chi connectivity index (χ3v) is 8.96. The fraction of sp³-hybridized carbons (Fsp3) is 0.548. The van der Waals surface area contributed by atoms with Crippen LogP contribution in [0.4, 0.5) is 9.59 Å². The first-order chi connectivity index (χ1) is 21.0. The molecule has 1 aliphatic carbocycles. The zero-order chi connectivity index (χ0) is 31.2. The smallest absolute Gasteiger partial charge is 0.410 e. The van der Waals surface area contributed by atoms with Gasteiger partial charge in [0.2, 0.25) is 6.29 Å². The Balaban J connectivity index is 1.27. The second kappa shape index (κ2) is 11.9. The van der Waals surface area contributed by atoms with E-state index in [4.69, 9.17) is 28.4 Å². The van der Waals surface area contributed by atoms with Crippen molar-refractivity contribution in [3.8, 4) is 0 Å². The molecule has 0 unspecified atom stereocenters. The molecule has 44 heavy (non-hydrogen) atoms. The molecule has 13 nitrogen and oxygen atoms in total. The van der Waals surface area contributed by atoms with Crippen molar-refractivity contribution in [1.29, 1.82) is 0 Å². The summed E-state index contributed by atoms with van der Waals surface area (Å²) in [6.07, 6.45) is -8.61. The second-order valence-electron chi connectivity index (χ2n) is 11.9. The molecule has 3 N–H and O–H groups in total.